The van der Waals surface area contributed by atoms with Gasteiger partial charge in [0.2, 0.25) is 0 Å². The molecule has 7 heteroatoms. The molecule has 6 nitrogen and oxygen atoms in total. The fourth-order valence-electron chi connectivity index (χ4n) is 6.00. The van der Waals surface area contributed by atoms with E-state index in [-0.39, 0.29) is 0 Å². The SMILES string of the molecule is c1ccc(-n2c3ccccc3c3cc4c(cc32)c2ccccc2n4-c2ccc(-c3nc4nccnc4s3)nc2)cc1. The number of thiazole rings is 1. The molecule has 41 heavy (non-hydrogen) atoms. The molecule has 0 bridgehead atoms. The second-order valence-corrected chi connectivity index (χ2v) is 11.0. The highest BCUT2D eigenvalue weighted by Gasteiger charge is 2.18. The molecule has 0 aliphatic carbocycles. The molecule has 0 saturated heterocycles. The van der Waals surface area contributed by atoms with Crippen LogP contribution in [0, 0.1) is 0 Å². The van der Waals surface area contributed by atoms with Crippen LogP contribution >= 0.6 is 11.3 Å². The Hall–Kier alpha value is -5.40. The van der Waals surface area contributed by atoms with Gasteiger partial charge in [0.25, 0.3) is 0 Å². The minimum Gasteiger partial charge on any atom is -0.309 e. The van der Waals surface area contributed by atoms with E-state index < -0.39 is 0 Å². The standard InChI is InChI=1S/C34H20N6S/c1-2-8-21(9-3-1)39-28-12-6-4-10-23(28)25-19-31-26(18-30(25)39)24-11-5-7-13-29(24)40(31)22-14-15-27(37-20-22)33-38-32-34(41-33)36-17-16-35-32/h1-20H. The van der Waals surface area contributed by atoms with E-state index in [4.69, 9.17) is 4.98 Å². The topological polar surface area (TPSA) is 61.4 Å². The summed E-state index contributed by atoms with van der Waals surface area (Å²) in [6, 6.07) is 36.7. The third kappa shape index (κ3) is 3.30. The second kappa shape index (κ2) is 8.55. The van der Waals surface area contributed by atoms with Crippen molar-refractivity contribution in [2.75, 3.05) is 0 Å². The molecule has 0 fully saturated rings. The van der Waals surface area contributed by atoms with Crippen molar-refractivity contribution in [3.05, 3.63) is 122 Å². The van der Waals surface area contributed by atoms with E-state index in [1.165, 1.54) is 43.9 Å². The lowest BCUT2D eigenvalue weighted by molar-refractivity contribution is 1.14. The van der Waals surface area contributed by atoms with Crippen molar-refractivity contribution in [2.45, 2.75) is 0 Å². The first-order valence-electron chi connectivity index (χ1n) is 13.4. The lowest BCUT2D eigenvalue weighted by Crippen LogP contribution is -1.96. The summed E-state index contributed by atoms with van der Waals surface area (Å²) in [6.07, 6.45) is 5.29. The molecule has 0 spiro atoms. The summed E-state index contributed by atoms with van der Waals surface area (Å²) in [4.78, 5) is 19.0. The zero-order chi connectivity index (χ0) is 26.9. The molecular formula is C34H20N6S. The van der Waals surface area contributed by atoms with Gasteiger partial charge in [-0.05, 0) is 48.5 Å². The first-order chi connectivity index (χ1) is 20.3. The Balaban J connectivity index is 1.30. The number of hydrogen-bond acceptors (Lipinski definition) is 5. The van der Waals surface area contributed by atoms with Gasteiger partial charge in [0.15, 0.2) is 10.5 Å². The number of benzene rings is 4. The molecule has 5 aromatic heterocycles. The van der Waals surface area contributed by atoms with Crippen LogP contribution in [0.15, 0.2) is 122 Å². The number of nitrogens with zero attached hydrogens (tertiary/aromatic N) is 6. The van der Waals surface area contributed by atoms with Crippen molar-refractivity contribution in [3.63, 3.8) is 0 Å². The van der Waals surface area contributed by atoms with Gasteiger partial charge >= 0.3 is 0 Å². The average Bonchev–Trinajstić information content (AvgIpc) is 3.71. The van der Waals surface area contributed by atoms with Crippen molar-refractivity contribution in [3.8, 4) is 22.1 Å². The van der Waals surface area contributed by atoms with Crippen LogP contribution in [0.2, 0.25) is 0 Å². The minimum atomic E-state index is 0.652. The maximum atomic E-state index is 4.84. The highest BCUT2D eigenvalue weighted by molar-refractivity contribution is 7.21. The summed E-state index contributed by atoms with van der Waals surface area (Å²) in [5.74, 6) is 0. The van der Waals surface area contributed by atoms with Crippen molar-refractivity contribution < 1.29 is 0 Å². The van der Waals surface area contributed by atoms with Crippen LogP contribution in [0.25, 0.3) is 76.2 Å². The molecule has 9 aromatic rings. The van der Waals surface area contributed by atoms with Crippen molar-refractivity contribution in [1.82, 2.24) is 29.1 Å². The first kappa shape index (κ1) is 22.4. The van der Waals surface area contributed by atoms with Gasteiger partial charge in [0.1, 0.15) is 5.01 Å². The fourth-order valence-corrected chi connectivity index (χ4v) is 6.84. The zero-order valence-corrected chi connectivity index (χ0v) is 22.5. The van der Waals surface area contributed by atoms with E-state index in [1.54, 1.807) is 12.4 Å². The molecule has 0 unspecified atom stereocenters. The summed E-state index contributed by atoms with van der Waals surface area (Å²) >= 11 is 1.51. The maximum Gasteiger partial charge on any atom is 0.190 e. The predicted octanol–water partition coefficient (Wildman–Crippen LogP) is 8.34. The number of aromatic nitrogens is 6. The van der Waals surface area contributed by atoms with Crippen LogP contribution in [0.3, 0.4) is 0 Å². The van der Waals surface area contributed by atoms with Gasteiger partial charge in [0.05, 0.1) is 39.6 Å². The summed E-state index contributed by atoms with van der Waals surface area (Å²) in [6.45, 7) is 0. The fraction of sp³-hybridized carbons (Fsp3) is 0. The molecule has 0 atom stereocenters. The zero-order valence-electron chi connectivity index (χ0n) is 21.6. The molecule has 0 radical (unpaired) electrons. The Kier molecular flexibility index (Phi) is 4.67. The van der Waals surface area contributed by atoms with Gasteiger partial charge < -0.3 is 9.13 Å². The Morgan fingerprint density at radius 2 is 1.15 bits per heavy atom. The van der Waals surface area contributed by atoms with E-state index in [0.29, 0.717) is 5.65 Å². The van der Waals surface area contributed by atoms with Crippen LogP contribution < -0.4 is 0 Å². The van der Waals surface area contributed by atoms with Crippen LogP contribution in [0.4, 0.5) is 0 Å². The summed E-state index contributed by atoms with van der Waals surface area (Å²) in [7, 11) is 0. The molecule has 4 aromatic carbocycles. The molecule has 0 aliphatic heterocycles. The Bertz CT molecular complexity index is 2380. The van der Waals surface area contributed by atoms with E-state index in [9.17, 15) is 0 Å². The van der Waals surface area contributed by atoms with Gasteiger partial charge in [-0.15, -0.1) is 0 Å². The van der Waals surface area contributed by atoms with Gasteiger partial charge in [-0.1, -0.05) is 65.9 Å². The smallest absolute Gasteiger partial charge is 0.190 e. The Morgan fingerprint density at radius 3 is 1.80 bits per heavy atom. The lowest BCUT2D eigenvalue weighted by Gasteiger charge is -2.09. The number of hydrogen-bond donors (Lipinski definition) is 0. The summed E-state index contributed by atoms with van der Waals surface area (Å²) < 4.78 is 4.69. The monoisotopic (exact) mass is 544 g/mol. The van der Waals surface area contributed by atoms with E-state index in [1.807, 2.05) is 12.3 Å². The molecule has 0 N–H and O–H groups in total. The maximum absolute atomic E-state index is 4.84. The summed E-state index contributed by atoms with van der Waals surface area (Å²) in [5, 5.41) is 5.69. The van der Waals surface area contributed by atoms with E-state index >= 15 is 0 Å². The average molecular weight is 545 g/mol. The number of para-hydroxylation sites is 3. The van der Waals surface area contributed by atoms with Crippen molar-refractivity contribution in [2.24, 2.45) is 0 Å². The normalized spacial score (nSPS) is 11.9. The molecule has 0 aliphatic rings. The van der Waals surface area contributed by atoms with Crippen LogP contribution in [-0.2, 0) is 0 Å². The van der Waals surface area contributed by atoms with Gasteiger partial charge in [-0.3, -0.25) is 4.98 Å². The van der Waals surface area contributed by atoms with Crippen LogP contribution in [0.1, 0.15) is 0 Å². The molecular weight excluding hydrogens is 524 g/mol. The third-order valence-electron chi connectivity index (χ3n) is 7.75. The van der Waals surface area contributed by atoms with Crippen molar-refractivity contribution in [1.29, 1.82) is 0 Å². The van der Waals surface area contributed by atoms with Gasteiger partial charge in [0, 0.05) is 39.6 Å². The molecule has 5 heterocycles. The molecule has 9 rings (SSSR count). The number of rotatable bonds is 3. The van der Waals surface area contributed by atoms with Crippen molar-refractivity contribution >= 4 is 65.4 Å². The molecule has 0 amide bonds. The van der Waals surface area contributed by atoms with Gasteiger partial charge in [-0.25, -0.2) is 15.0 Å². The molecule has 192 valence electrons. The predicted molar refractivity (Wildman–Crippen MR) is 167 cm³/mol. The first-order valence-corrected chi connectivity index (χ1v) is 14.2. The third-order valence-corrected chi connectivity index (χ3v) is 8.73. The summed E-state index contributed by atoms with van der Waals surface area (Å²) in [5.41, 5.74) is 8.31. The highest BCUT2D eigenvalue weighted by atomic mass is 32.1. The van der Waals surface area contributed by atoms with E-state index in [0.717, 1.165) is 37.9 Å². The quantitative estimate of drug-likeness (QED) is 0.224. The lowest BCUT2D eigenvalue weighted by atomic mass is 10.1. The second-order valence-electron chi connectivity index (χ2n) is 10.0. The number of fused-ring (bicyclic) bond motifs is 7. The minimum absolute atomic E-state index is 0.652. The van der Waals surface area contributed by atoms with E-state index in [2.05, 4.69) is 121 Å². The van der Waals surface area contributed by atoms with Crippen LogP contribution in [-0.4, -0.2) is 29.1 Å². The Morgan fingerprint density at radius 1 is 0.512 bits per heavy atom. The largest absolute Gasteiger partial charge is 0.309 e. The Labute approximate surface area is 237 Å². The van der Waals surface area contributed by atoms with Crippen LogP contribution in [0.5, 0.6) is 0 Å². The van der Waals surface area contributed by atoms with Gasteiger partial charge in [-0.2, -0.15) is 0 Å². The molecule has 0 saturated carbocycles. The highest BCUT2D eigenvalue weighted by Crippen LogP contribution is 2.39. The number of pyridine rings is 1.